The zero-order valence-electron chi connectivity index (χ0n) is 4.59. The molecule has 0 spiro atoms. The molecule has 0 saturated carbocycles. The Labute approximate surface area is 53.2 Å². The van der Waals surface area contributed by atoms with Crippen molar-refractivity contribution in [2.45, 2.75) is 12.8 Å². The van der Waals surface area contributed by atoms with Gasteiger partial charge in [-0.15, -0.1) is 0 Å². The summed E-state index contributed by atoms with van der Waals surface area (Å²) in [5.74, 6) is 2.83. The van der Waals surface area contributed by atoms with Crippen molar-refractivity contribution in [3.05, 3.63) is 5.41 Å². The lowest BCUT2D eigenvalue weighted by molar-refractivity contribution is 0.569. The molecular formula is C5H8NOS-. The van der Waals surface area contributed by atoms with Crippen LogP contribution in [0.4, 0.5) is 0 Å². The third-order valence-electron chi connectivity index (χ3n) is 0.827. The molecule has 0 unspecified atom stereocenters. The highest BCUT2D eigenvalue weighted by atomic mass is 32.2. The normalized spacial score (nSPS) is 16.0. The Morgan fingerprint density at radius 3 is 1.88 bits per heavy atom. The number of isocyanates is 1. The number of hydrogen-bond donors (Lipinski definition) is 0. The molecule has 0 radical (unpaired) electrons. The number of carbonyl (C=O) groups excluding carboxylic acids is 1. The molecule has 1 saturated heterocycles. The molecule has 0 aromatic carbocycles. The van der Waals surface area contributed by atoms with E-state index in [4.69, 9.17) is 10.2 Å². The predicted molar refractivity (Wildman–Crippen MR) is 35.6 cm³/mol. The minimum atomic E-state index is 0.500. The van der Waals surface area contributed by atoms with Crippen LogP contribution in [-0.2, 0) is 4.79 Å². The summed E-state index contributed by atoms with van der Waals surface area (Å²) in [6, 6.07) is 0. The van der Waals surface area contributed by atoms with E-state index < -0.39 is 0 Å². The standard InChI is InChI=1S/C4H8S.CNO/c1-2-4-5-3-1;2-1-3/h1-4H2;/q;-1. The van der Waals surface area contributed by atoms with E-state index in [1.54, 1.807) is 0 Å². The highest BCUT2D eigenvalue weighted by Gasteiger charge is 1.95. The molecule has 0 N–H and O–H groups in total. The number of thioether (sulfide) groups is 1. The molecule has 0 aromatic rings. The molecule has 0 bridgehead atoms. The molecule has 3 heteroatoms. The van der Waals surface area contributed by atoms with E-state index in [1.807, 2.05) is 0 Å². The van der Waals surface area contributed by atoms with Gasteiger partial charge in [0, 0.05) is 0 Å². The van der Waals surface area contributed by atoms with Gasteiger partial charge in [-0.1, -0.05) is 0 Å². The molecule has 8 heavy (non-hydrogen) atoms. The molecule has 0 amide bonds. The van der Waals surface area contributed by atoms with E-state index in [9.17, 15) is 0 Å². The van der Waals surface area contributed by atoms with Crippen molar-refractivity contribution < 1.29 is 4.79 Å². The van der Waals surface area contributed by atoms with Crippen LogP contribution in [0, 0.1) is 0 Å². The first kappa shape index (κ1) is 7.73. The van der Waals surface area contributed by atoms with E-state index in [-0.39, 0.29) is 0 Å². The van der Waals surface area contributed by atoms with Crippen molar-refractivity contribution in [1.29, 1.82) is 0 Å². The SMILES string of the molecule is C1CCSC1.[N-]=C=O. The minimum Gasteiger partial charge on any atom is -0.724 e. The maximum absolute atomic E-state index is 8.24. The van der Waals surface area contributed by atoms with Crippen molar-refractivity contribution in [2.24, 2.45) is 0 Å². The molecule has 1 aliphatic rings. The number of nitrogens with zero attached hydrogens (tertiary/aromatic N) is 1. The van der Waals surface area contributed by atoms with Gasteiger partial charge in [-0.05, 0) is 30.4 Å². The zero-order chi connectivity index (χ0) is 6.24. The first-order valence-corrected chi connectivity index (χ1v) is 3.66. The van der Waals surface area contributed by atoms with Crippen molar-refractivity contribution in [3.8, 4) is 0 Å². The summed E-state index contributed by atoms with van der Waals surface area (Å²) in [5, 5.41) is 6.76. The van der Waals surface area contributed by atoms with Crippen LogP contribution in [0.1, 0.15) is 12.8 Å². The zero-order valence-corrected chi connectivity index (χ0v) is 5.41. The van der Waals surface area contributed by atoms with Gasteiger partial charge in [0.05, 0.1) is 0 Å². The van der Waals surface area contributed by atoms with Gasteiger partial charge in [0.15, 0.2) is 0 Å². The lowest BCUT2D eigenvalue weighted by atomic mass is 10.4. The summed E-state index contributed by atoms with van der Waals surface area (Å²) in [6.45, 7) is 0. The lowest BCUT2D eigenvalue weighted by Gasteiger charge is -1.69. The van der Waals surface area contributed by atoms with Gasteiger partial charge in [-0.2, -0.15) is 11.8 Å². The van der Waals surface area contributed by atoms with Crippen LogP contribution < -0.4 is 0 Å². The van der Waals surface area contributed by atoms with Crippen LogP contribution in [0.25, 0.3) is 5.41 Å². The van der Waals surface area contributed by atoms with Gasteiger partial charge in [-0.25, -0.2) is 0 Å². The van der Waals surface area contributed by atoms with E-state index in [2.05, 4.69) is 11.8 Å². The smallest absolute Gasteiger partial charge is 0.00672 e. The lowest BCUT2D eigenvalue weighted by Crippen LogP contribution is -1.58. The molecule has 1 rings (SSSR count). The third-order valence-corrected chi connectivity index (χ3v) is 1.98. The van der Waals surface area contributed by atoms with Crippen LogP contribution >= 0.6 is 11.8 Å². The van der Waals surface area contributed by atoms with Gasteiger partial charge in [0.25, 0.3) is 0 Å². The van der Waals surface area contributed by atoms with Crippen molar-refractivity contribution in [2.75, 3.05) is 11.5 Å². The van der Waals surface area contributed by atoms with Gasteiger partial charge in [0.1, 0.15) is 0 Å². The van der Waals surface area contributed by atoms with Gasteiger partial charge in [-0.3, -0.25) is 4.79 Å². The number of rotatable bonds is 0. The Morgan fingerprint density at radius 2 is 1.75 bits per heavy atom. The Kier molecular flexibility index (Phi) is 6.50. The second-order valence-electron chi connectivity index (χ2n) is 1.41. The first-order chi connectivity index (χ1) is 3.91. The average molecular weight is 130 g/mol. The second kappa shape index (κ2) is 6.73. The number of hydrogen-bond acceptors (Lipinski definition) is 2. The maximum Gasteiger partial charge on any atom is -0.00672 e. The van der Waals surface area contributed by atoms with Crippen LogP contribution in [0.3, 0.4) is 0 Å². The van der Waals surface area contributed by atoms with Gasteiger partial charge in [0.2, 0.25) is 0 Å². The van der Waals surface area contributed by atoms with Gasteiger partial charge >= 0.3 is 0 Å². The molecule has 2 nitrogen and oxygen atoms in total. The Balaban J connectivity index is 0.000000145. The molecule has 46 valence electrons. The van der Waals surface area contributed by atoms with Crippen molar-refractivity contribution in [3.63, 3.8) is 0 Å². The summed E-state index contributed by atoms with van der Waals surface area (Å²) >= 11 is 2.07. The van der Waals surface area contributed by atoms with Crippen LogP contribution in [-0.4, -0.2) is 17.6 Å². The van der Waals surface area contributed by atoms with Crippen LogP contribution in [0.2, 0.25) is 0 Å². The summed E-state index contributed by atoms with van der Waals surface area (Å²) in [7, 11) is 0. The summed E-state index contributed by atoms with van der Waals surface area (Å²) < 4.78 is 0. The Morgan fingerprint density at radius 1 is 1.38 bits per heavy atom. The molecule has 0 aliphatic carbocycles. The monoisotopic (exact) mass is 130 g/mol. The fraction of sp³-hybridized carbons (Fsp3) is 0.800. The quantitative estimate of drug-likeness (QED) is 0.367. The fourth-order valence-corrected chi connectivity index (χ4v) is 1.53. The van der Waals surface area contributed by atoms with E-state index >= 15 is 0 Å². The highest BCUT2D eigenvalue weighted by molar-refractivity contribution is 7.99. The minimum absolute atomic E-state index is 0.500. The molecule has 1 aliphatic heterocycles. The first-order valence-electron chi connectivity index (χ1n) is 2.51. The summed E-state index contributed by atoms with van der Waals surface area (Å²) in [5.41, 5.74) is 0. The molecule has 0 aromatic heterocycles. The third kappa shape index (κ3) is 5.73. The average Bonchev–Trinajstić information content (AvgIpc) is 2.17. The second-order valence-corrected chi connectivity index (χ2v) is 2.64. The predicted octanol–water partition coefficient (Wildman–Crippen LogP) is 1.41. The van der Waals surface area contributed by atoms with E-state index in [0.29, 0.717) is 6.08 Å². The van der Waals surface area contributed by atoms with E-state index in [1.165, 1.54) is 24.3 Å². The van der Waals surface area contributed by atoms with Crippen LogP contribution in [0.15, 0.2) is 0 Å². The Bertz CT molecular complexity index is 66.9. The topological polar surface area (TPSA) is 39.4 Å². The molecule has 1 heterocycles. The maximum atomic E-state index is 8.24. The van der Waals surface area contributed by atoms with Crippen LogP contribution in [0.5, 0.6) is 0 Å². The summed E-state index contributed by atoms with van der Waals surface area (Å²) in [4.78, 5) is 8.24. The molecule has 1 fully saturated rings. The molecule has 0 atom stereocenters. The van der Waals surface area contributed by atoms with Gasteiger partial charge < -0.3 is 5.41 Å². The van der Waals surface area contributed by atoms with Crippen molar-refractivity contribution >= 4 is 17.8 Å². The largest absolute Gasteiger partial charge is 0.724 e. The van der Waals surface area contributed by atoms with Crippen molar-refractivity contribution in [1.82, 2.24) is 0 Å². The van der Waals surface area contributed by atoms with E-state index in [0.717, 1.165) is 0 Å². The summed E-state index contributed by atoms with van der Waals surface area (Å²) in [6.07, 6.45) is 3.43. The molecular weight excluding hydrogens is 122 g/mol. The Hall–Kier alpha value is -0.270. The highest BCUT2D eigenvalue weighted by Crippen LogP contribution is 2.14. The fourth-order valence-electron chi connectivity index (χ4n) is 0.510.